The molecule has 1 aromatic carbocycles. The summed E-state index contributed by atoms with van der Waals surface area (Å²) >= 11 is 12.4. The van der Waals surface area contributed by atoms with Gasteiger partial charge in [0.2, 0.25) is 5.58 Å². The van der Waals surface area contributed by atoms with Gasteiger partial charge in [0.05, 0.1) is 5.02 Å². The fraction of sp³-hybridized carbons (Fsp3) is 0.389. The summed E-state index contributed by atoms with van der Waals surface area (Å²) in [6.07, 6.45) is -0.629. The van der Waals surface area contributed by atoms with Crippen LogP contribution in [0.3, 0.4) is 0 Å². The smallest absolute Gasteiger partial charge is 0.228 e. The van der Waals surface area contributed by atoms with Gasteiger partial charge in [-0.25, -0.2) is 9.97 Å². The second kappa shape index (κ2) is 7.98. The third-order valence-corrected chi connectivity index (χ3v) is 4.86. The molecule has 0 aliphatic heterocycles. The molecule has 0 saturated heterocycles. The normalized spacial score (nSPS) is 13.7. The van der Waals surface area contributed by atoms with E-state index >= 15 is 0 Å². The molecule has 0 fully saturated rings. The summed E-state index contributed by atoms with van der Waals surface area (Å²) in [6.45, 7) is 5.59. The summed E-state index contributed by atoms with van der Waals surface area (Å²) in [5, 5.41) is 5.20. The fourth-order valence-corrected chi connectivity index (χ4v) is 3.32. The summed E-state index contributed by atoms with van der Waals surface area (Å²) in [4.78, 5) is 10.9. The van der Waals surface area contributed by atoms with Crippen LogP contribution in [0, 0.1) is 6.92 Å². The lowest BCUT2D eigenvalue weighted by atomic mass is 10.1. The zero-order chi connectivity index (χ0) is 19.7. The number of ether oxygens (including phenoxy) is 2. The molecule has 3 rings (SSSR count). The highest BCUT2D eigenvalue weighted by Crippen LogP contribution is 2.37. The van der Waals surface area contributed by atoms with Gasteiger partial charge in [-0.15, -0.1) is 0 Å². The van der Waals surface area contributed by atoms with Crippen LogP contribution in [0.1, 0.15) is 19.7 Å². The Hall–Kier alpha value is -1.93. The van der Waals surface area contributed by atoms with Crippen molar-refractivity contribution in [3.63, 3.8) is 0 Å². The first-order valence-electron chi connectivity index (χ1n) is 8.30. The van der Waals surface area contributed by atoms with Crippen LogP contribution in [-0.2, 0) is 9.47 Å². The minimum atomic E-state index is -0.315. The molecule has 0 radical (unpaired) electrons. The van der Waals surface area contributed by atoms with Crippen LogP contribution in [0.4, 0.5) is 5.82 Å². The zero-order valence-corrected chi connectivity index (χ0v) is 17.2. The number of fused-ring (bicyclic) bond motifs is 1. The highest BCUT2D eigenvalue weighted by molar-refractivity contribution is 6.36. The molecule has 2 aromatic heterocycles. The van der Waals surface area contributed by atoms with Gasteiger partial charge in [-0.3, -0.25) is 0 Å². The second-order valence-corrected chi connectivity index (χ2v) is 6.85. The molecule has 9 heteroatoms. The van der Waals surface area contributed by atoms with Crippen LogP contribution in [0.25, 0.3) is 22.4 Å². The number of rotatable bonds is 6. The fourth-order valence-electron chi connectivity index (χ4n) is 2.83. The van der Waals surface area contributed by atoms with Crippen molar-refractivity contribution in [2.45, 2.75) is 33.2 Å². The molecule has 0 amide bonds. The van der Waals surface area contributed by atoms with Crippen molar-refractivity contribution in [2.75, 3.05) is 19.1 Å². The molecular weight excluding hydrogens is 391 g/mol. The van der Waals surface area contributed by atoms with E-state index in [1.807, 2.05) is 18.7 Å². The van der Waals surface area contributed by atoms with Crippen molar-refractivity contribution < 1.29 is 14.0 Å². The monoisotopic (exact) mass is 410 g/mol. The Morgan fingerprint density at radius 3 is 2.33 bits per heavy atom. The van der Waals surface area contributed by atoms with Crippen LogP contribution in [0.15, 0.2) is 22.7 Å². The van der Waals surface area contributed by atoms with E-state index in [2.05, 4.69) is 15.1 Å². The highest BCUT2D eigenvalue weighted by Gasteiger charge is 2.28. The number of nitrogens with zero attached hydrogens (tertiary/aromatic N) is 4. The lowest BCUT2D eigenvalue weighted by molar-refractivity contribution is 0.0419. The summed E-state index contributed by atoms with van der Waals surface area (Å²) in [6, 6.07) is 5.18. The number of methoxy groups -OCH3 is 2. The summed E-state index contributed by atoms with van der Waals surface area (Å²) in [5.74, 6) is 1.09. The molecule has 0 aliphatic carbocycles. The summed E-state index contributed by atoms with van der Waals surface area (Å²) in [5.41, 5.74) is 2.18. The van der Waals surface area contributed by atoms with E-state index in [0.29, 0.717) is 44.0 Å². The summed E-state index contributed by atoms with van der Waals surface area (Å²) in [7, 11) is 3.23. The number of hydrogen-bond acceptors (Lipinski definition) is 7. The van der Waals surface area contributed by atoms with Crippen molar-refractivity contribution in [3.05, 3.63) is 34.1 Å². The quantitative estimate of drug-likeness (QED) is 0.545. The van der Waals surface area contributed by atoms with Crippen LogP contribution in [0.5, 0.6) is 0 Å². The molecular formula is C18H20Cl2N4O3. The minimum absolute atomic E-state index is 0.315. The number of benzene rings is 1. The number of aryl methyl sites for hydroxylation is 1. The molecule has 3 aromatic rings. The van der Waals surface area contributed by atoms with E-state index in [4.69, 9.17) is 37.2 Å². The molecule has 2 unspecified atom stereocenters. The Morgan fingerprint density at radius 2 is 1.74 bits per heavy atom. The van der Waals surface area contributed by atoms with E-state index in [1.165, 1.54) is 0 Å². The average molecular weight is 411 g/mol. The molecule has 2 heterocycles. The maximum atomic E-state index is 6.35. The molecule has 0 N–H and O–H groups in total. The largest absolute Gasteiger partial charge is 0.362 e. The van der Waals surface area contributed by atoms with E-state index in [9.17, 15) is 0 Å². The average Bonchev–Trinajstić information content (AvgIpc) is 3.05. The van der Waals surface area contributed by atoms with Gasteiger partial charge < -0.3 is 18.9 Å². The first-order chi connectivity index (χ1) is 12.9. The van der Waals surface area contributed by atoms with Gasteiger partial charge in [0.15, 0.2) is 5.82 Å². The minimum Gasteiger partial charge on any atom is -0.362 e. The lowest BCUT2D eigenvalue weighted by Gasteiger charge is -2.33. The maximum Gasteiger partial charge on any atom is 0.228 e. The Balaban J connectivity index is 2.23. The van der Waals surface area contributed by atoms with Crippen molar-refractivity contribution >= 4 is 40.1 Å². The third-order valence-electron chi connectivity index (χ3n) is 4.31. The van der Waals surface area contributed by atoms with Crippen molar-refractivity contribution in [2.24, 2.45) is 0 Å². The van der Waals surface area contributed by atoms with Crippen LogP contribution in [0.2, 0.25) is 10.0 Å². The first kappa shape index (κ1) is 19.8. The van der Waals surface area contributed by atoms with Gasteiger partial charge in [0.25, 0.3) is 0 Å². The number of hydrogen-bond donors (Lipinski definition) is 0. The van der Waals surface area contributed by atoms with Gasteiger partial charge in [-0.05, 0) is 39.0 Å². The third kappa shape index (κ3) is 3.73. The summed E-state index contributed by atoms with van der Waals surface area (Å²) < 4.78 is 16.6. The van der Waals surface area contributed by atoms with Gasteiger partial charge in [-0.1, -0.05) is 28.4 Å². The number of halogens is 2. The Kier molecular flexibility index (Phi) is 5.86. The molecule has 0 bridgehead atoms. The van der Waals surface area contributed by atoms with Crippen LogP contribution < -0.4 is 4.90 Å². The SMILES string of the molecule is COC(C)N(c1nc(C)nc2c(-c3ccc(Cl)cc3Cl)noc12)C(C)OC. The van der Waals surface area contributed by atoms with Crippen LogP contribution >= 0.6 is 23.2 Å². The Labute approximate surface area is 167 Å². The molecule has 2 atom stereocenters. The molecule has 27 heavy (non-hydrogen) atoms. The molecule has 0 saturated carbocycles. The van der Waals surface area contributed by atoms with Crippen molar-refractivity contribution in [1.82, 2.24) is 15.1 Å². The standard InChI is InChI=1S/C18H20Cl2N4O3/c1-9-21-16-15(13-7-6-12(19)8-14(13)20)23-27-17(16)18(22-9)24(10(2)25-4)11(3)26-5/h6-8,10-11H,1-5H3. The molecule has 7 nitrogen and oxygen atoms in total. The predicted octanol–water partition coefficient (Wildman–Crippen LogP) is 4.69. The number of aromatic nitrogens is 3. The van der Waals surface area contributed by atoms with Gasteiger partial charge in [0.1, 0.15) is 29.5 Å². The Morgan fingerprint density at radius 1 is 1.07 bits per heavy atom. The zero-order valence-electron chi connectivity index (χ0n) is 15.7. The predicted molar refractivity (Wildman–Crippen MR) is 105 cm³/mol. The van der Waals surface area contributed by atoms with Crippen LogP contribution in [-0.4, -0.2) is 41.8 Å². The highest BCUT2D eigenvalue weighted by atomic mass is 35.5. The lowest BCUT2D eigenvalue weighted by Crippen LogP contribution is -2.43. The van der Waals surface area contributed by atoms with Crippen molar-refractivity contribution in [1.29, 1.82) is 0 Å². The number of anilines is 1. The molecule has 0 aliphatic rings. The maximum absolute atomic E-state index is 6.35. The van der Waals surface area contributed by atoms with Gasteiger partial charge in [0, 0.05) is 24.8 Å². The van der Waals surface area contributed by atoms with E-state index in [0.717, 1.165) is 0 Å². The van der Waals surface area contributed by atoms with E-state index in [-0.39, 0.29) is 12.5 Å². The topological polar surface area (TPSA) is 73.5 Å². The van der Waals surface area contributed by atoms with Gasteiger partial charge >= 0.3 is 0 Å². The van der Waals surface area contributed by atoms with E-state index < -0.39 is 0 Å². The van der Waals surface area contributed by atoms with Gasteiger partial charge in [-0.2, -0.15) is 0 Å². The second-order valence-electron chi connectivity index (χ2n) is 6.00. The Bertz CT molecular complexity index is 953. The first-order valence-corrected chi connectivity index (χ1v) is 9.06. The van der Waals surface area contributed by atoms with E-state index in [1.54, 1.807) is 39.3 Å². The molecule has 0 spiro atoms. The van der Waals surface area contributed by atoms with Crippen molar-refractivity contribution in [3.8, 4) is 11.3 Å². The molecule has 144 valence electrons.